The zero-order valence-electron chi connectivity index (χ0n) is 6.45. The van der Waals surface area contributed by atoms with Gasteiger partial charge in [-0.3, -0.25) is 0 Å². The van der Waals surface area contributed by atoms with Gasteiger partial charge >= 0.3 is 0 Å². The van der Waals surface area contributed by atoms with Crippen molar-refractivity contribution in [2.24, 2.45) is 5.92 Å². The van der Waals surface area contributed by atoms with Gasteiger partial charge in [0, 0.05) is 5.92 Å². The fraction of sp³-hybridized carbons (Fsp3) is 1.00. The molecular weight excluding hydrogens is 218 g/mol. The van der Waals surface area contributed by atoms with Gasteiger partial charge in [-0.1, -0.05) is 0 Å². The number of hydrogen-bond acceptors (Lipinski definition) is 1. The number of alkyl halides is 3. The smallest absolute Gasteiger partial charge is 0.124 e. The zero-order valence-corrected chi connectivity index (χ0v) is 8.72. The highest BCUT2D eigenvalue weighted by molar-refractivity contribution is 6.51. The lowest BCUT2D eigenvalue weighted by Gasteiger charge is -2.17. The van der Waals surface area contributed by atoms with Gasteiger partial charge in [-0.05, 0) is 19.3 Å². The first kappa shape index (κ1) is 8.16. The predicted molar refractivity (Wildman–Crippen MR) is 49.0 cm³/mol. The molecule has 3 rings (SSSR count). The summed E-state index contributed by atoms with van der Waals surface area (Å²) in [6, 6.07) is 0. The lowest BCUT2D eigenvalue weighted by atomic mass is 9.98. The summed E-state index contributed by atoms with van der Waals surface area (Å²) in [6.45, 7) is 0.752. The van der Waals surface area contributed by atoms with Crippen LogP contribution in [0, 0.1) is 5.92 Å². The third-order valence-electron chi connectivity index (χ3n) is 3.29. The van der Waals surface area contributed by atoms with Crippen molar-refractivity contribution < 1.29 is 4.74 Å². The fourth-order valence-corrected chi connectivity index (χ4v) is 3.10. The normalized spacial score (nSPS) is 51.8. The molecule has 68 valence electrons. The quantitative estimate of drug-likeness (QED) is 0.522. The molecule has 0 N–H and O–H groups in total. The minimum absolute atomic E-state index is 0.122. The number of hydrogen-bond donors (Lipinski definition) is 0. The van der Waals surface area contributed by atoms with Crippen LogP contribution in [0.5, 0.6) is 0 Å². The number of rotatable bonds is 2. The average Bonchev–Trinajstić information content (AvgIpc) is 2.68. The molecule has 2 atom stereocenters. The summed E-state index contributed by atoms with van der Waals surface area (Å²) < 4.78 is 4.93. The maximum atomic E-state index is 6.32. The second kappa shape index (κ2) is 1.93. The maximum Gasteiger partial charge on any atom is 0.124 e. The Bertz CT molecular complexity index is 243. The van der Waals surface area contributed by atoms with E-state index in [1.807, 2.05) is 0 Å². The van der Waals surface area contributed by atoms with Crippen molar-refractivity contribution in [2.75, 3.05) is 6.61 Å². The van der Waals surface area contributed by atoms with Crippen LogP contribution >= 0.6 is 34.8 Å². The van der Waals surface area contributed by atoms with E-state index in [-0.39, 0.29) is 16.4 Å². The molecule has 0 aromatic rings. The molecule has 0 aromatic carbocycles. The number of ether oxygens (including phenoxy) is 1. The molecule has 3 aliphatic rings. The van der Waals surface area contributed by atoms with Crippen molar-refractivity contribution in [3.8, 4) is 0 Å². The van der Waals surface area contributed by atoms with Crippen LogP contribution in [0.4, 0.5) is 0 Å². The minimum atomic E-state index is -0.555. The molecule has 0 aromatic heterocycles. The Balaban J connectivity index is 1.84. The Morgan fingerprint density at radius 3 is 1.92 bits per heavy atom. The van der Waals surface area contributed by atoms with E-state index in [0.717, 1.165) is 25.9 Å². The monoisotopic (exact) mass is 226 g/mol. The highest BCUT2D eigenvalue weighted by Crippen LogP contribution is 2.71. The number of epoxide rings is 1. The van der Waals surface area contributed by atoms with E-state index in [1.54, 1.807) is 0 Å². The average molecular weight is 228 g/mol. The topological polar surface area (TPSA) is 12.5 Å². The third kappa shape index (κ3) is 0.863. The van der Waals surface area contributed by atoms with E-state index < -0.39 is 4.33 Å². The molecule has 0 radical (unpaired) electrons. The Kier molecular flexibility index (Phi) is 1.31. The molecule has 1 aliphatic heterocycles. The Labute approximate surface area is 86.3 Å². The van der Waals surface area contributed by atoms with Crippen LogP contribution in [0.25, 0.3) is 0 Å². The lowest BCUT2D eigenvalue weighted by molar-refractivity contribution is 0.255. The van der Waals surface area contributed by atoms with E-state index in [4.69, 9.17) is 39.5 Å². The van der Waals surface area contributed by atoms with Crippen molar-refractivity contribution in [1.82, 2.24) is 0 Å². The molecule has 2 unspecified atom stereocenters. The Morgan fingerprint density at radius 1 is 1.17 bits per heavy atom. The van der Waals surface area contributed by atoms with Gasteiger partial charge < -0.3 is 4.74 Å². The van der Waals surface area contributed by atoms with Gasteiger partial charge in [0.2, 0.25) is 0 Å². The molecule has 3 fully saturated rings. The van der Waals surface area contributed by atoms with Crippen molar-refractivity contribution >= 4 is 34.8 Å². The molecule has 1 heterocycles. The van der Waals surface area contributed by atoms with Crippen molar-refractivity contribution in [3.63, 3.8) is 0 Å². The van der Waals surface area contributed by atoms with Gasteiger partial charge in [-0.2, -0.15) is 0 Å². The largest absolute Gasteiger partial charge is 0.367 e. The van der Waals surface area contributed by atoms with Gasteiger partial charge in [-0.15, -0.1) is 34.8 Å². The van der Waals surface area contributed by atoms with Crippen LogP contribution in [-0.4, -0.2) is 21.4 Å². The molecule has 2 saturated carbocycles. The van der Waals surface area contributed by atoms with E-state index in [9.17, 15) is 0 Å². The summed E-state index contributed by atoms with van der Waals surface area (Å²) in [5, 5.41) is 0. The summed E-state index contributed by atoms with van der Waals surface area (Å²) in [5.41, 5.74) is -0.155. The molecule has 1 saturated heterocycles. The molecule has 0 spiro atoms. The van der Waals surface area contributed by atoms with Gasteiger partial charge in [0.1, 0.15) is 9.93 Å². The molecule has 4 heteroatoms. The van der Waals surface area contributed by atoms with E-state index in [2.05, 4.69) is 0 Å². The van der Waals surface area contributed by atoms with E-state index >= 15 is 0 Å². The predicted octanol–water partition coefficient (Wildman–Crippen LogP) is 2.72. The standard InChI is InChI=1S/C8H9Cl3O/c9-6(1-2-6)7(4-12-7)5-3-8(5,10)11/h5H,1-4H2. The van der Waals surface area contributed by atoms with Gasteiger partial charge in [-0.25, -0.2) is 0 Å². The fourth-order valence-electron chi connectivity index (χ4n) is 2.10. The second-order valence-electron chi connectivity index (χ2n) is 4.16. The van der Waals surface area contributed by atoms with Crippen molar-refractivity contribution in [2.45, 2.75) is 34.1 Å². The lowest BCUT2D eigenvalue weighted by Crippen LogP contribution is -2.31. The van der Waals surface area contributed by atoms with Crippen LogP contribution in [0.1, 0.15) is 19.3 Å². The van der Waals surface area contributed by atoms with Crippen LogP contribution in [0.2, 0.25) is 0 Å². The summed E-state index contributed by atoms with van der Waals surface area (Å²) >= 11 is 18.3. The van der Waals surface area contributed by atoms with E-state index in [1.165, 1.54) is 0 Å². The van der Waals surface area contributed by atoms with Crippen LogP contribution < -0.4 is 0 Å². The highest BCUT2D eigenvalue weighted by Gasteiger charge is 2.78. The minimum Gasteiger partial charge on any atom is -0.367 e. The van der Waals surface area contributed by atoms with Crippen LogP contribution in [-0.2, 0) is 4.74 Å². The number of halogens is 3. The van der Waals surface area contributed by atoms with Gasteiger partial charge in [0.05, 0.1) is 11.5 Å². The Morgan fingerprint density at radius 2 is 1.67 bits per heavy atom. The zero-order chi connectivity index (χ0) is 8.61. The second-order valence-corrected chi connectivity index (χ2v) is 6.43. The molecule has 0 amide bonds. The highest BCUT2D eigenvalue weighted by atomic mass is 35.5. The first-order chi connectivity index (χ1) is 5.50. The van der Waals surface area contributed by atoms with Crippen molar-refractivity contribution in [1.29, 1.82) is 0 Å². The summed E-state index contributed by atoms with van der Waals surface area (Å²) in [7, 11) is 0. The summed E-state index contributed by atoms with van der Waals surface area (Å²) in [4.78, 5) is -0.122. The van der Waals surface area contributed by atoms with Gasteiger partial charge in [0.25, 0.3) is 0 Å². The molecule has 1 nitrogen and oxygen atoms in total. The SMILES string of the molecule is ClC1(Cl)CC1C1(C2(Cl)CC2)CO1. The summed E-state index contributed by atoms with van der Waals surface area (Å²) in [5.74, 6) is 0.272. The summed E-state index contributed by atoms with van der Waals surface area (Å²) in [6.07, 6.45) is 2.94. The molecular formula is C8H9Cl3O. The molecule has 0 bridgehead atoms. The van der Waals surface area contributed by atoms with E-state index in [0.29, 0.717) is 0 Å². The van der Waals surface area contributed by atoms with Crippen LogP contribution in [0.3, 0.4) is 0 Å². The van der Waals surface area contributed by atoms with Gasteiger partial charge in [0.15, 0.2) is 0 Å². The first-order valence-electron chi connectivity index (χ1n) is 4.21. The maximum absolute atomic E-state index is 6.32. The molecule has 2 aliphatic carbocycles. The third-order valence-corrected chi connectivity index (χ3v) is 4.82. The first-order valence-corrected chi connectivity index (χ1v) is 5.34. The molecule has 12 heavy (non-hydrogen) atoms. The Hall–Kier alpha value is 0.830. The van der Waals surface area contributed by atoms with Crippen molar-refractivity contribution in [3.05, 3.63) is 0 Å². The van der Waals surface area contributed by atoms with Crippen LogP contribution in [0.15, 0.2) is 0 Å².